The molecule has 1 aliphatic heterocycles. The number of carbonyl (C=O) groups is 1. The van der Waals surface area contributed by atoms with E-state index in [2.05, 4.69) is 0 Å². The zero-order valence-corrected chi connectivity index (χ0v) is 7.86. The molecule has 0 unspecified atom stereocenters. The Balaban J connectivity index is 2.22. The summed E-state index contributed by atoms with van der Waals surface area (Å²) in [5.74, 6) is 0.294. The van der Waals surface area contributed by atoms with Gasteiger partial charge in [0.1, 0.15) is 5.76 Å². The van der Waals surface area contributed by atoms with E-state index in [1.165, 1.54) is 11.6 Å². The summed E-state index contributed by atoms with van der Waals surface area (Å²) in [6.45, 7) is 2.03. The van der Waals surface area contributed by atoms with Crippen LogP contribution in [0.1, 0.15) is 11.1 Å². The Labute approximate surface area is 82.5 Å². The third-order valence-electron chi connectivity index (χ3n) is 1.99. The monoisotopic (exact) mass is 186 g/mol. The van der Waals surface area contributed by atoms with Gasteiger partial charge in [-0.25, -0.2) is 4.79 Å². The second kappa shape index (κ2) is 3.50. The van der Waals surface area contributed by atoms with Crippen LogP contribution in [0.4, 0.5) is 0 Å². The van der Waals surface area contributed by atoms with E-state index in [1.54, 1.807) is 6.08 Å². The molecule has 0 saturated carbocycles. The fraction of sp³-hybridized carbons (Fsp3) is 0.0833. The second-order valence-electron chi connectivity index (χ2n) is 3.21. The lowest BCUT2D eigenvalue weighted by Crippen LogP contribution is -1.89. The van der Waals surface area contributed by atoms with Gasteiger partial charge >= 0.3 is 5.97 Å². The van der Waals surface area contributed by atoms with Gasteiger partial charge in [0.05, 0.1) is 0 Å². The van der Waals surface area contributed by atoms with Crippen LogP contribution in [-0.4, -0.2) is 5.97 Å². The Morgan fingerprint density at radius 2 is 1.86 bits per heavy atom. The van der Waals surface area contributed by atoms with Crippen molar-refractivity contribution >= 4 is 12.0 Å². The fourth-order valence-electron chi connectivity index (χ4n) is 1.24. The predicted molar refractivity (Wildman–Crippen MR) is 54.4 cm³/mol. The Bertz CT molecular complexity index is 410. The number of aryl methyl sites for hydroxylation is 1. The molecule has 70 valence electrons. The summed E-state index contributed by atoms with van der Waals surface area (Å²) in [5.41, 5.74) is 2.25. The lowest BCUT2D eigenvalue weighted by atomic mass is 10.1. The number of hydrogen-bond donors (Lipinski definition) is 0. The highest BCUT2D eigenvalue weighted by atomic mass is 16.5. The van der Waals surface area contributed by atoms with Crippen LogP contribution >= 0.6 is 0 Å². The van der Waals surface area contributed by atoms with Crippen molar-refractivity contribution in [3.8, 4) is 0 Å². The molecule has 0 radical (unpaired) electrons. The van der Waals surface area contributed by atoms with Crippen LogP contribution in [0, 0.1) is 6.92 Å². The third-order valence-corrected chi connectivity index (χ3v) is 1.99. The number of rotatable bonds is 1. The molecule has 0 N–H and O–H groups in total. The summed E-state index contributed by atoms with van der Waals surface area (Å²) in [6, 6.07) is 8.02. The highest BCUT2D eigenvalue weighted by molar-refractivity contribution is 5.87. The molecule has 14 heavy (non-hydrogen) atoms. The van der Waals surface area contributed by atoms with Gasteiger partial charge in [-0.1, -0.05) is 29.8 Å². The number of hydrogen-bond acceptors (Lipinski definition) is 2. The van der Waals surface area contributed by atoms with E-state index in [-0.39, 0.29) is 5.97 Å². The number of esters is 1. The zero-order chi connectivity index (χ0) is 9.97. The molecule has 2 nitrogen and oxygen atoms in total. The largest absolute Gasteiger partial charge is 0.423 e. The first kappa shape index (κ1) is 8.75. The van der Waals surface area contributed by atoms with Crippen LogP contribution < -0.4 is 0 Å². The fourth-order valence-corrected chi connectivity index (χ4v) is 1.24. The molecule has 0 bridgehead atoms. The van der Waals surface area contributed by atoms with Crippen LogP contribution in [0.15, 0.2) is 42.2 Å². The molecule has 2 heteroatoms. The van der Waals surface area contributed by atoms with Crippen molar-refractivity contribution in [1.82, 2.24) is 0 Å². The second-order valence-corrected chi connectivity index (χ2v) is 3.21. The average Bonchev–Trinajstić information content (AvgIpc) is 2.56. The van der Waals surface area contributed by atoms with Crippen LogP contribution in [0.25, 0.3) is 6.08 Å². The third kappa shape index (κ3) is 1.91. The molecular formula is C12H10O2. The molecule has 1 aromatic carbocycles. The first-order valence-electron chi connectivity index (χ1n) is 4.42. The van der Waals surface area contributed by atoms with Crippen LogP contribution in [0.5, 0.6) is 0 Å². The van der Waals surface area contributed by atoms with Crippen LogP contribution in [-0.2, 0) is 9.53 Å². The van der Waals surface area contributed by atoms with Crippen LogP contribution in [0.2, 0.25) is 0 Å². The summed E-state index contributed by atoms with van der Waals surface area (Å²) in [7, 11) is 0. The predicted octanol–water partition coefficient (Wildman–Crippen LogP) is 2.45. The van der Waals surface area contributed by atoms with Gasteiger partial charge in [0.25, 0.3) is 0 Å². The van der Waals surface area contributed by atoms with Gasteiger partial charge in [0, 0.05) is 6.08 Å². The molecule has 2 rings (SSSR count). The summed E-state index contributed by atoms with van der Waals surface area (Å²) >= 11 is 0. The van der Waals surface area contributed by atoms with E-state index in [0.717, 1.165) is 5.56 Å². The zero-order valence-electron chi connectivity index (χ0n) is 7.86. The molecule has 0 fully saturated rings. The maximum atomic E-state index is 10.7. The Morgan fingerprint density at radius 1 is 1.14 bits per heavy atom. The Hall–Kier alpha value is -1.83. The van der Waals surface area contributed by atoms with E-state index >= 15 is 0 Å². The number of carbonyl (C=O) groups excluding carboxylic acids is 1. The van der Waals surface area contributed by atoms with Crippen molar-refractivity contribution in [3.05, 3.63) is 53.3 Å². The summed E-state index contributed by atoms with van der Waals surface area (Å²) in [4.78, 5) is 10.7. The number of ether oxygens (including phenoxy) is 1. The minimum atomic E-state index is -0.302. The van der Waals surface area contributed by atoms with Gasteiger partial charge < -0.3 is 4.74 Å². The first-order chi connectivity index (χ1) is 6.74. The first-order valence-corrected chi connectivity index (χ1v) is 4.42. The quantitative estimate of drug-likeness (QED) is 0.630. The molecule has 0 spiro atoms. The van der Waals surface area contributed by atoms with Gasteiger partial charge in [-0.15, -0.1) is 0 Å². The van der Waals surface area contributed by atoms with Crippen molar-refractivity contribution in [3.63, 3.8) is 0 Å². The van der Waals surface area contributed by atoms with E-state index in [1.807, 2.05) is 37.3 Å². The smallest absolute Gasteiger partial charge is 0.336 e. The minimum Gasteiger partial charge on any atom is -0.423 e. The Morgan fingerprint density at radius 3 is 2.43 bits per heavy atom. The number of allylic oxidation sites excluding steroid dienone is 1. The molecule has 0 amide bonds. The molecule has 1 heterocycles. The molecule has 1 aromatic rings. The summed E-state index contributed by atoms with van der Waals surface area (Å²) < 4.78 is 4.91. The lowest BCUT2D eigenvalue weighted by Gasteiger charge is -1.97. The van der Waals surface area contributed by atoms with Crippen molar-refractivity contribution in [1.29, 1.82) is 0 Å². The van der Waals surface area contributed by atoms with E-state index in [4.69, 9.17) is 4.74 Å². The van der Waals surface area contributed by atoms with E-state index in [0.29, 0.717) is 5.76 Å². The minimum absolute atomic E-state index is 0.302. The van der Waals surface area contributed by atoms with Crippen molar-refractivity contribution in [2.24, 2.45) is 0 Å². The summed E-state index contributed by atoms with van der Waals surface area (Å²) in [5, 5.41) is 0. The lowest BCUT2D eigenvalue weighted by molar-refractivity contribution is -0.132. The topological polar surface area (TPSA) is 26.3 Å². The van der Waals surface area contributed by atoms with Crippen LogP contribution in [0.3, 0.4) is 0 Å². The van der Waals surface area contributed by atoms with E-state index < -0.39 is 0 Å². The average molecular weight is 186 g/mol. The maximum Gasteiger partial charge on any atom is 0.336 e. The van der Waals surface area contributed by atoms with Gasteiger partial charge in [0.2, 0.25) is 0 Å². The van der Waals surface area contributed by atoms with Crippen molar-refractivity contribution in [2.45, 2.75) is 6.92 Å². The Kier molecular flexibility index (Phi) is 2.19. The number of benzene rings is 1. The molecule has 0 aromatic heterocycles. The normalized spacial score (nSPS) is 17.5. The van der Waals surface area contributed by atoms with Gasteiger partial charge in [-0.05, 0) is 24.6 Å². The van der Waals surface area contributed by atoms with E-state index in [9.17, 15) is 4.79 Å². The number of cyclic esters (lactones) is 1. The van der Waals surface area contributed by atoms with Crippen molar-refractivity contribution in [2.75, 3.05) is 0 Å². The maximum absolute atomic E-state index is 10.7. The van der Waals surface area contributed by atoms with Gasteiger partial charge in [0.15, 0.2) is 0 Å². The molecule has 1 aliphatic rings. The van der Waals surface area contributed by atoms with Gasteiger partial charge in [-0.3, -0.25) is 0 Å². The SMILES string of the molecule is Cc1ccc(/C=C2\C=CC(=O)O2)cc1. The highest BCUT2D eigenvalue weighted by Crippen LogP contribution is 2.14. The van der Waals surface area contributed by atoms with Gasteiger partial charge in [-0.2, -0.15) is 0 Å². The summed E-state index contributed by atoms with van der Waals surface area (Å²) in [6.07, 6.45) is 4.92. The molecule has 0 saturated heterocycles. The highest BCUT2D eigenvalue weighted by Gasteiger charge is 2.08. The van der Waals surface area contributed by atoms with Crippen molar-refractivity contribution < 1.29 is 9.53 Å². The molecular weight excluding hydrogens is 176 g/mol. The molecule has 0 aliphatic carbocycles. The molecule has 0 atom stereocenters. The standard InChI is InChI=1S/C12H10O2/c1-9-2-4-10(5-3-9)8-11-6-7-12(13)14-11/h2-8H,1H3/b11-8+.